The average Bonchev–Trinajstić information content (AvgIpc) is 2.93. The predicted molar refractivity (Wildman–Crippen MR) is 70.1 cm³/mol. The fourth-order valence-electron chi connectivity index (χ4n) is 3.48. The molecule has 4 nitrogen and oxygen atoms in total. The molecule has 2 heterocycles. The van der Waals surface area contributed by atoms with Crippen LogP contribution in [0.3, 0.4) is 0 Å². The molecule has 1 aliphatic carbocycles. The molecule has 2 aliphatic rings. The fraction of sp³-hybridized carbons (Fsp3) is 0.643. The smallest absolute Gasteiger partial charge is 0.270 e. The van der Waals surface area contributed by atoms with Crippen molar-refractivity contribution >= 4 is 5.91 Å². The first-order valence-electron chi connectivity index (χ1n) is 6.81. The van der Waals surface area contributed by atoms with Crippen LogP contribution in [0, 0.1) is 11.8 Å². The maximum Gasteiger partial charge on any atom is 0.270 e. The van der Waals surface area contributed by atoms with Crippen LogP contribution in [0.1, 0.15) is 29.8 Å². The van der Waals surface area contributed by atoms with E-state index in [-0.39, 0.29) is 5.91 Å². The molecule has 1 saturated heterocycles. The summed E-state index contributed by atoms with van der Waals surface area (Å²) in [5.74, 6) is 1.47. The quantitative estimate of drug-likeness (QED) is 0.811. The number of hydrogen-bond acceptors (Lipinski definition) is 2. The van der Waals surface area contributed by atoms with Crippen LogP contribution in [0.4, 0.5) is 0 Å². The zero-order valence-corrected chi connectivity index (χ0v) is 10.9. The Hall–Kier alpha value is -1.29. The lowest BCUT2D eigenvalue weighted by molar-refractivity contribution is 0.0774. The standard InChI is InChI=1S/C14H21N3O/c1-16-6-2-3-13(16)14(18)17-8-10-4-5-12(15)7-11(10)9-17/h2-3,6,10-12H,4-5,7-9,15H2,1H3/t10-,11+,12?/m1/s1. The van der Waals surface area contributed by atoms with Crippen molar-refractivity contribution in [1.29, 1.82) is 0 Å². The normalized spacial score (nSPS) is 31.4. The minimum atomic E-state index is 0.172. The van der Waals surface area contributed by atoms with Crippen molar-refractivity contribution < 1.29 is 4.79 Å². The molecule has 1 amide bonds. The molecule has 3 rings (SSSR count). The second-order valence-electron chi connectivity index (χ2n) is 5.81. The molecular weight excluding hydrogens is 226 g/mol. The highest BCUT2D eigenvalue weighted by Gasteiger charge is 2.38. The Balaban J connectivity index is 1.72. The number of nitrogens with zero attached hydrogens (tertiary/aromatic N) is 2. The molecule has 0 bridgehead atoms. The Labute approximate surface area is 108 Å². The molecule has 2 N–H and O–H groups in total. The lowest BCUT2D eigenvalue weighted by atomic mass is 9.79. The summed E-state index contributed by atoms with van der Waals surface area (Å²) in [6, 6.07) is 4.17. The second-order valence-corrected chi connectivity index (χ2v) is 5.81. The molecule has 0 radical (unpaired) electrons. The number of aryl methyl sites for hydroxylation is 1. The van der Waals surface area contributed by atoms with Gasteiger partial charge in [-0.05, 0) is 43.2 Å². The minimum Gasteiger partial charge on any atom is -0.347 e. The Morgan fingerprint density at radius 1 is 1.33 bits per heavy atom. The highest BCUT2D eigenvalue weighted by molar-refractivity contribution is 5.93. The number of amides is 1. The first-order chi connectivity index (χ1) is 8.65. The van der Waals surface area contributed by atoms with Crippen molar-refractivity contribution in [2.24, 2.45) is 24.6 Å². The van der Waals surface area contributed by atoms with E-state index in [9.17, 15) is 4.79 Å². The van der Waals surface area contributed by atoms with Crippen LogP contribution in [0.15, 0.2) is 18.3 Å². The van der Waals surface area contributed by atoms with Crippen LogP contribution < -0.4 is 5.73 Å². The molecule has 1 unspecified atom stereocenters. The summed E-state index contributed by atoms with van der Waals surface area (Å²) in [5, 5.41) is 0. The summed E-state index contributed by atoms with van der Waals surface area (Å²) in [7, 11) is 1.92. The molecule has 4 heteroatoms. The summed E-state index contributed by atoms with van der Waals surface area (Å²) in [6.45, 7) is 1.81. The Morgan fingerprint density at radius 3 is 2.83 bits per heavy atom. The molecule has 1 saturated carbocycles. The second kappa shape index (κ2) is 4.43. The van der Waals surface area contributed by atoms with E-state index in [0.717, 1.165) is 31.6 Å². The van der Waals surface area contributed by atoms with E-state index < -0.39 is 0 Å². The maximum atomic E-state index is 12.4. The highest BCUT2D eigenvalue weighted by Crippen LogP contribution is 2.36. The molecule has 1 aromatic heterocycles. The highest BCUT2D eigenvalue weighted by atomic mass is 16.2. The van der Waals surface area contributed by atoms with Gasteiger partial charge in [0.05, 0.1) is 0 Å². The van der Waals surface area contributed by atoms with Crippen LogP contribution in [-0.4, -0.2) is 34.5 Å². The molecule has 3 atom stereocenters. The molecule has 0 aromatic carbocycles. The number of likely N-dealkylation sites (tertiary alicyclic amines) is 1. The topological polar surface area (TPSA) is 51.3 Å². The van der Waals surface area contributed by atoms with Crippen LogP contribution >= 0.6 is 0 Å². The van der Waals surface area contributed by atoms with Gasteiger partial charge in [0.2, 0.25) is 0 Å². The summed E-state index contributed by atoms with van der Waals surface area (Å²) in [5.41, 5.74) is 6.81. The monoisotopic (exact) mass is 247 g/mol. The zero-order chi connectivity index (χ0) is 12.7. The minimum absolute atomic E-state index is 0.172. The third-order valence-corrected chi connectivity index (χ3v) is 4.54. The molecule has 1 aromatic rings. The average molecular weight is 247 g/mol. The van der Waals surface area contributed by atoms with Crippen molar-refractivity contribution in [3.63, 3.8) is 0 Å². The number of nitrogens with two attached hydrogens (primary N) is 1. The van der Waals surface area contributed by atoms with Crippen molar-refractivity contribution in [1.82, 2.24) is 9.47 Å². The van der Waals surface area contributed by atoms with Gasteiger partial charge in [-0.15, -0.1) is 0 Å². The molecule has 0 spiro atoms. The van der Waals surface area contributed by atoms with Crippen molar-refractivity contribution in [2.45, 2.75) is 25.3 Å². The van der Waals surface area contributed by atoms with E-state index in [4.69, 9.17) is 5.73 Å². The van der Waals surface area contributed by atoms with E-state index in [0.29, 0.717) is 17.9 Å². The lowest BCUT2D eigenvalue weighted by Gasteiger charge is -2.27. The predicted octanol–water partition coefficient (Wildman–Crippen LogP) is 1.22. The van der Waals surface area contributed by atoms with Gasteiger partial charge in [-0.3, -0.25) is 4.79 Å². The Kier molecular flexibility index (Phi) is 2.90. The fourth-order valence-corrected chi connectivity index (χ4v) is 3.48. The zero-order valence-electron chi connectivity index (χ0n) is 10.9. The van der Waals surface area contributed by atoms with E-state index in [1.165, 1.54) is 6.42 Å². The maximum absolute atomic E-state index is 12.4. The van der Waals surface area contributed by atoms with E-state index in [1.807, 2.05) is 34.8 Å². The Morgan fingerprint density at radius 2 is 2.11 bits per heavy atom. The van der Waals surface area contributed by atoms with Crippen LogP contribution in [0.5, 0.6) is 0 Å². The molecule has 98 valence electrons. The van der Waals surface area contributed by atoms with Gasteiger partial charge in [0, 0.05) is 32.4 Å². The first-order valence-corrected chi connectivity index (χ1v) is 6.81. The van der Waals surface area contributed by atoms with Crippen LogP contribution in [-0.2, 0) is 7.05 Å². The van der Waals surface area contributed by atoms with Gasteiger partial charge in [-0.1, -0.05) is 0 Å². The number of fused-ring (bicyclic) bond motifs is 1. The van der Waals surface area contributed by atoms with Crippen molar-refractivity contribution in [3.05, 3.63) is 24.0 Å². The van der Waals surface area contributed by atoms with Gasteiger partial charge in [-0.25, -0.2) is 0 Å². The number of hydrogen-bond donors (Lipinski definition) is 1. The van der Waals surface area contributed by atoms with Gasteiger partial charge in [0.15, 0.2) is 0 Å². The van der Waals surface area contributed by atoms with E-state index in [2.05, 4.69) is 0 Å². The van der Waals surface area contributed by atoms with Gasteiger partial charge < -0.3 is 15.2 Å². The number of carbonyl (C=O) groups excluding carboxylic acids is 1. The van der Waals surface area contributed by atoms with Gasteiger partial charge in [0.1, 0.15) is 5.69 Å². The summed E-state index contributed by atoms with van der Waals surface area (Å²) in [4.78, 5) is 14.4. The summed E-state index contributed by atoms with van der Waals surface area (Å²) in [6.07, 6.45) is 5.31. The molecule has 1 aliphatic heterocycles. The van der Waals surface area contributed by atoms with Crippen LogP contribution in [0.25, 0.3) is 0 Å². The SMILES string of the molecule is Cn1cccc1C(=O)N1C[C@H]2CCC(N)C[C@H]2C1. The molecular formula is C14H21N3O. The number of carbonyl (C=O) groups is 1. The third kappa shape index (κ3) is 1.94. The largest absolute Gasteiger partial charge is 0.347 e. The van der Waals surface area contributed by atoms with E-state index >= 15 is 0 Å². The van der Waals surface area contributed by atoms with Gasteiger partial charge >= 0.3 is 0 Å². The van der Waals surface area contributed by atoms with E-state index in [1.54, 1.807) is 0 Å². The van der Waals surface area contributed by atoms with Gasteiger partial charge in [-0.2, -0.15) is 0 Å². The molecule has 18 heavy (non-hydrogen) atoms. The van der Waals surface area contributed by atoms with Crippen LogP contribution in [0.2, 0.25) is 0 Å². The van der Waals surface area contributed by atoms with Crippen molar-refractivity contribution in [2.75, 3.05) is 13.1 Å². The molecule has 2 fully saturated rings. The summed E-state index contributed by atoms with van der Waals surface area (Å²) >= 11 is 0. The first kappa shape index (κ1) is 11.8. The Bertz CT molecular complexity index is 454. The number of aromatic nitrogens is 1. The summed E-state index contributed by atoms with van der Waals surface area (Å²) < 4.78 is 1.90. The van der Waals surface area contributed by atoms with Crippen molar-refractivity contribution in [3.8, 4) is 0 Å². The lowest BCUT2D eigenvalue weighted by Crippen LogP contribution is -2.32. The van der Waals surface area contributed by atoms with Gasteiger partial charge in [0.25, 0.3) is 5.91 Å². The third-order valence-electron chi connectivity index (χ3n) is 4.54. The number of rotatable bonds is 1.